The van der Waals surface area contributed by atoms with Gasteiger partial charge in [0.25, 0.3) is 0 Å². The van der Waals surface area contributed by atoms with Crippen LogP contribution in [0.15, 0.2) is 48.5 Å². The van der Waals surface area contributed by atoms with E-state index >= 15 is 0 Å². The van der Waals surface area contributed by atoms with Crippen molar-refractivity contribution in [2.45, 2.75) is 31.9 Å². The lowest BCUT2D eigenvalue weighted by molar-refractivity contribution is 0.119. The van der Waals surface area contributed by atoms with Crippen LogP contribution in [-0.2, 0) is 4.74 Å². The summed E-state index contributed by atoms with van der Waals surface area (Å²) in [6.07, 6.45) is -0.691. The molecule has 9 nitrogen and oxygen atoms in total. The Hall–Kier alpha value is -3.54. The van der Waals surface area contributed by atoms with Gasteiger partial charge in [0.15, 0.2) is 0 Å². The van der Waals surface area contributed by atoms with Crippen LogP contribution >= 0.6 is 0 Å². The largest absolute Gasteiger partial charge is 0.474 e. The molecular weight excluding hydrogens is 496 g/mol. The molecule has 0 spiro atoms. The second-order valence-corrected chi connectivity index (χ2v) is 9.45. The van der Waals surface area contributed by atoms with E-state index in [1.807, 2.05) is 30.3 Å². The number of rotatable bonds is 10. The van der Waals surface area contributed by atoms with Crippen LogP contribution in [0.5, 0.6) is 5.88 Å². The van der Waals surface area contributed by atoms with Crippen molar-refractivity contribution in [2.75, 3.05) is 45.3 Å². The van der Waals surface area contributed by atoms with Gasteiger partial charge in [0, 0.05) is 38.7 Å². The normalized spacial score (nSPS) is 18.4. The Labute approximate surface area is 220 Å². The maximum atomic E-state index is 14.0. The van der Waals surface area contributed by atoms with Crippen molar-refractivity contribution in [1.82, 2.24) is 20.0 Å². The van der Waals surface area contributed by atoms with E-state index in [9.17, 15) is 18.7 Å². The van der Waals surface area contributed by atoms with Crippen molar-refractivity contribution < 1.29 is 28.2 Å². The number of methoxy groups -OCH3 is 1. The second kappa shape index (κ2) is 12.3. The van der Waals surface area contributed by atoms with Crippen molar-refractivity contribution in [2.24, 2.45) is 0 Å². The number of hydrogen-bond acceptors (Lipinski definition) is 6. The van der Waals surface area contributed by atoms with Gasteiger partial charge in [0.2, 0.25) is 5.88 Å². The quantitative estimate of drug-likeness (QED) is 0.372. The standard InChI is InChI=1S/C27H33F2N5O4/c1-17(35)16-38-26-18(2)25(34(32-26)22-7-5-4-6-8-22)31-27(36)30-24-15-33(9-10-37-3)14-23(24)19-11-20(28)13-21(29)12-19/h4-8,11-13,17,23-24,35H,9-10,14-16H2,1-3H3,(H2,30,31,36)/t17-,23+,24-/m1/s1. The third-order valence-corrected chi connectivity index (χ3v) is 6.41. The predicted molar refractivity (Wildman–Crippen MR) is 139 cm³/mol. The number of ether oxygens (including phenoxy) is 2. The van der Waals surface area contributed by atoms with Gasteiger partial charge < -0.3 is 19.9 Å². The fraction of sp³-hybridized carbons (Fsp3) is 0.407. The third kappa shape index (κ3) is 6.66. The molecule has 0 bridgehead atoms. The van der Waals surface area contributed by atoms with Gasteiger partial charge in [-0.05, 0) is 43.7 Å². The molecule has 2 aromatic carbocycles. The molecule has 1 aliphatic rings. The molecule has 204 valence electrons. The molecule has 1 aromatic heterocycles. The van der Waals surface area contributed by atoms with E-state index < -0.39 is 29.8 Å². The van der Waals surface area contributed by atoms with Crippen molar-refractivity contribution in [3.63, 3.8) is 0 Å². The lowest BCUT2D eigenvalue weighted by Gasteiger charge is -2.21. The summed E-state index contributed by atoms with van der Waals surface area (Å²) < 4.78 is 40.4. The van der Waals surface area contributed by atoms with Crippen LogP contribution in [0.25, 0.3) is 5.69 Å². The molecule has 0 aliphatic carbocycles. The summed E-state index contributed by atoms with van der Waals surface area (Å²) >= 11 is 0. The summed E-state index contributed by atoms with van der Waals surface area (Å²) in [6, 6.07) is 11.8. The first-order valence-electron chi connectivity index (χ1n) is 12.5. The molecule has 38 heavy (non-hydrogen) atoms. The van der Waals surface area contributed by atoms with Gasteiger partial charge in [-0.3, -0.25) is 10.2 Å². The SMILES string of the molecule is COCCN1C[C@@H](NC(=O)Nc2c(C)c(OC[C@@H](C)O)nn2-c2ccccc2)[C@H](c2cc(F)cc(F)c2)C1. The maximum absolute atomic E-state index is 14.0. The molecule has 1 saturated heterocycles. The highest BCUT2D eigenvalue weighted by atomic mass is 19.1. The first-order valence-corrected chi connectivity index (χ1v) is 12.5. The number of benzene rings is 2. The number of likely N-dealkylation sites (tertiary alicyclic amines) is 1. The van der Waals surface area contributed by atoms with Crippen LogP contribution in [0.4, 0.5) is 19.4 Å². The first kappa shape index (κ1) is 27.5. The minimum atomic E-state index is -0.691. The number of aromatic nitrogens is 2. The number of hydrogen-bond donors (Lipinski definition) is 3. The fourth-order valence-electron chi connectivity index (χ4n) is 4.59. The zero-order valence-corrected chi connectivity index (χ0v) is 21.7. The molecule has 3 aromatic rings. The van der Waals surface area contributed by atoms with Crippen molar-refractivity contribution in [3.8, 4) is 11.6 Å². The fourth-order valence-corrected chi connectivity index (χ4v) is 4.59. The number of para-hydroxylation sites is 1. The Bertz CT molecular complexity index is 1220. The maximum Gasteiger partial charge on any atom is 0.320 e. The minimum absolute atomic E-state index is 0.0452. The van der Waals surface area contributed by atoms with Gasteiger partial charge in [-0.2, -0.15) is 0 Å². The zero-order valence-electron chi connectivity index (χ0n) is 21.7. The highest BCUT2D eigenvalue weighted by Crippen LogP contribution is 2.31. The highest BCUT2D eigenvalue weighted by Gasteiger charge is 2.35. The molecule has 0 unspecified atom stereocenters. The molecule has 2 amide bonds. The number of halogens is 2. The Morgan fingerprint density at radius 3 is 2.55 bits per heavy atom. The van der Waals surface area contributed by atoms with E-state index in [1.54, 1.807) is 25.6 Å². The van der Waals surface area contributed by atoms with Gasteiger partial charge >= 0.3 is 6.03 Å². The second-order valence-electron chi connectivity index (χ2n) is 9.45. The Morgan fingerprint density at radius 2 is 1.89 bits per heavy atom. The van der Waals surface area contributed by atoms with E-state index in [0.717, 1.165) is 6.07 Å². The van der Waals surface area contributed by atoms with E-state index in [2.05, 4.69) is 20.6 Å². The topological polar surface area (TPSA) is 101 Å². The number of carbonyl (C=O) groups is 1. The Balaban J connectivity index is 1.57. The van der Waals surface area contributed by atoms with E-state index in [1.165, 1.54) is 12.1 Å². The third-order valence-electron chi connectivity index (χ3n) is 6.41. The van der Waals surface area contributed by atoms with Gasteiger partial charge in [0.05, 0.1) is 30.0 Å². The number of urea groups is 1. The Morgan fingerprint density at radius 1 is 1.18 bits per heavy atom. The molecule has 2 heterocycles. The minimum Gasteiger partial charge on any atom is -0.474 e. The number of anilines is 1. The van der Waals surface area contributed by atoms with Gasteiger partial charge in [-0.15, -0.1) is 5.10 Å². The molecule has 11 heteroatoms. The molecular formula is C27H33F2N5O4. The molecule has 4 rings (SSSR count). The number of amides is 2. The summed E-state index contributed by atoms with van der Waals surface area (Å²) in [4.78, 5) is 15.4. The number of carbonyl (C=O) groups excluding carboxylic acids is 1. The molecule has 3 N–H and O–H groups in total. The van der Waals surface area contributed by atoms with Gasteiger partial charge in [-0.1, -0.05) is 18.2 Å². The van der Waals surface area contributed by atoms with Crippen molar-refractivity contribution in [3.05, 3.63) is 71.3 Å². The monoisotopic (exact) mass is 529 g/mol. The van der Waals surface area contributed by atoms with Gasteiger partial charge in [-0.25, -0.2) is 18.3 Å². The van der Waals surface area contributed by atoms with Crippen LogP contribution in [0.1, 0.15) is 24.0 Å². The number of nitrogens with one attached hydrogen (secondary N) is 2. The highest BCUT2D eigenvalue weighted by molar-refractivity contribution is 5.90. The summed E-state index contributed by atoms with van der Waals surface area (Å²) in [7, 11) is 1.61. The summed E-state index contributed by atoms with van der Waals surface area (Å²) in [6.45, 7) is 5.52. The molecule has 1 fully saturated rings. The van der Waals surface area contributed by atoms with Crippen LogP contribution in [0.3, 0.4) is 0 Å². The lowest BCUT2D eigenvalue weighted by atomic mass is 9.94. The lowest BCUT2D eigenvalue weighted by Crippen LogP contribution is -2.42. The van der Waals surface area contributed by atoms with E-state index in [0.29, 0.717) is 48.9 Å². The van der Waals surface area contributed by atoms with Crippen LogP contribution < -0.4 is 15.4 Å². The zero-order chi connectivity index (χ0) is 27.2. The van der Waals surface area contributed by atoms with Crippen LogP contribution in [0.2, 0.25) is 0 Å². The molecule has 0 saturated carbocycles. The number of aliphatic hydroxyl groups is 1. The van der Waals surface area contributed by atoms with Crippen LogP contribution in [0, 0.1) is 18.6 Å². The van der Waals surface area contributed by atoms with E-state index in [-0.39, 0.29) is 18.4 Å². The molecule has 3 atom stereocenters. The van der Waals surface area contributed by atoms with E-state index in [4.69, 9.17) is 9.47 Å². The average molecular weight is 530 g/mol. The van der Waals surface area contributed by atoms with Crippen molar-refractivity contribution in [1.29, 1.82) is 0 Å². The summed E-state index contributed by atoms with van der Waals surface area (Å²) in [5.41, 5.74) is 1.77. The first-order chi connectivity index (χ1) is 18.2. The van der Waals surface area contributed by atoms with Gasteiger partial charge in [0.1, 0.15) is 24.1 Å². The molecule has 1 aliphatic heterocycles. The summed E-state index contributed by atoms with van der Waals surface area (Å²) in [5, 5.41) is 20.0. The summed E-state index contributed by atoms with van der Waals surface area (Å²) in [5.74, 6) is -0.967. The van der Waals surface area contributed by atoms with Crippen molar-refractivity contribution >= 4 is 11.8 Å². The van der Waals surface area contributed by atoms with Crippen LogP contribution in [-0.4, -0.2) is 77.9 Å². The number of nitrogens with zero attached hydrogens (tertiary/aromatic N) is 3. The molecule has 0 radical (unpaired) electrons. The predicted octanol–water partition coefficient (Wildman–Crippen LogP) is 3.45. The average Bonchev–Trinajstić information content (AvgIpc) is 3.42. The Kier molecular flexibility index (Phi) is 8.93. The number of aliphatic hydroxyl groups excluding tert-OH is 1. The smallest absolute Gasteiger partial charge is 0.320 e.